The summed E-state index contributed by atoms with van der Waals surface area (Å²) in [7, 11) is 0. The molecule has 1 aromatic heterocycles. The highest BCUT2D eigenvalue weighted by molar-refractivity contribution is 9.10. The first-order valence-electron chi connectivity index (χ1n) is 4.47. The lowest BCUT2D eigenvalue weighted by atomic mass is 10.3. The third kappa shape index (κ3) is 1.48. The number of hydrogen-bond donors (Lipinski definition) is 0. The number of para-hydroxylation sites is 1. The van der Waals surface area contributed by atoms with E-state index >= 15 is 0 Å². The number of aryl methyl sites for hydroxylation is 1. The molecule has 0 amide bonds. The molecular weight excluding hydrogens is 240 g/mol. The van der Waals surface area contributed by atoms with Gasteiger partial charge >= 0.3 is 0 Å². The maximum Gasteiger partial charge on any atom is 0.113 e. The molecule has 1 aromatic carbocycles. The van der Waals surface area contributed by atoms with Crippen LogP contribution in [0.1, 0.15) is 11.3 Å². The van der Waals surface area contributed by atoms with Crippen molar-refractivity contribution in [3.63, 3.8) is 0 Å². The van der Waals surface area contributed by atoms with E-state index in [2.05, 4.69) is 28.0 Å². The predicted molar refractivity (Wildman–Crippen MR) is 60.7 cm³/mol. The van der Waals surface area contributed by atoms with E-state index in [0.29, 0.717) is 0 Å². The molecule has 0 radical (unpaired) electrons. The Morgan fingerprint density at radius 1 is 1.14 bits per heavy atom. The Labute approximate surface area is 91.7 Å². The Bertz CT molecular complexity index is 446. The van der Waals surface area contributed by atoms with Crippen LogP contribution in [0.3, 0.4) is 0 Å². The largest absolute Gasteiger partial charge is 0.226 e. The van der Waals surface area contributed by atoms with Crippen LogP contribution in [-0.2, 0) is 0 Å². The lowest BCUT2D eigenvalue weighted by Crippen LogP contribution is -1.96. The first-order valence-corrected chi connectivity index (χ1v) is 5.26. The summed E-state index contributed by atoms with van der Waals surface area (Å²) in [6, 6.07) is 10.1. The van der Waals surface area contributed by atoms with Crippen molar-refractivity contribution in [2.45, 2.75) is 13.8 Å². The number of rotatable bonds is 1. The number of hydrogen-bond acceptors (Lipinski definition) is 1. The van der Waals surface area contributed by atoms with Gasteiger partial charge in [0.15, 0.2) is 0 Å². The third-order valence-electron chi connectivity index (χ3n) is 2.29. The molecule has 2 nitrogen and oxygen atoms in total. The van der Waals surface area contributed by atoms with Crippen molar-refractivity contribution >= 4 is 15.9 Å². The van der Waals surface area contributed by atoms with E-state index in [-0.39, 0.29) is 0 Å². The zero-order chi connectivity index (χ0) is 10.1. The highest BCUT2D eigenvalue weighted by Crippen LogP contribution is 2.22. The number of benzene rings is 1. The van der Waals surface area contributed by atoms with E-state index in [4.69, 9.17) is 0 Å². The van der Waals surface area contributed by atoms with Gasteiger partial charge in [0, 0.05) is 5.56 Å². The lowest BCUT2D eigenvalue weighted by molar-refractivity contribution is 0.845. The van der Waals surface area contributed by atoms with Crippen LogP contribution in [-0.4, -0.2) is 9.78 Å². The molecule has 1 heterocycles. The van der Waals surface area contributed by atoms with Gasteiger partial charge in [-0.05, 0) is 41.9 Å². The SMILES string of the molecule is Cc1nn(-c2ccccc2)c(Br)c1C. The molecule has 0 aliphatic heterocycles. The summed E-state index contributed by atoms with van der Waals surface area (Å²) in [5, 5.41) is 4.45. The van der Waals surface area contributed by atoms with E-state index < -0.39 is 0 Å². The van der Waals surface area contributed by atoms with Crippen molar-refractivity contribution in [3.05, 3.63) is 46.2 Å². The minimum atomic E-state index is 1.03. The van der Waals surface area contributed by atoms with Crippen LogP contribution in [0.25, 0.3) is 5.69 Å². The van der Waals surface area contributed by atoms with Crippen molar-refractivity contribution in [1.29, 1.82) is 0 Å². The molecule has 0 spiro atoms. The summed E-state index contributed by atoms with van der Waals surface area (Å²) in [6.07, 6.45) is 0. The third-order valence-corrected chi connectivity index (χ3v) is 3.22. The molecule has 2 aromatic rings. The molecule has 2 rings (SSSR count). The summed E-state index contributed by atoms with van der Waals surface area (Å²) in [4.78, 5) is 0. The molecule has 0 aliphatic rings. The Kier molecular flexibility index (Phi) is 2.42. The maximum absolute atomic E-state index is 4.45. The lowest BCUT2D eigenvalue weighted by Gasteiger charge is -2.01. The van der Waals surface area contributed by atoms with Gasteiger partial charge < -0.3 is 0 Å². The Morgan fingerprint density at radius 3 is 2.29 bits per heavy atom. The van der Waals surface area contributed by atoms with Crippen LogP contribution in [0.4, 0.5) is 0 Å². The monoisotopic (exact) mass is 250 g/mol. The first-order chi connectivity index (χ1) is 6.70. The fraction of sp³-hybridized carbons (Fsp3) is 0.182. The molecule has 0 N–H and O–H groups in total. The molecule has 0 atom stereocenters. The molecule has 14 heavy (non-hydrogen) atoms. The summed E-state index contributed by atoms with van der Waals surface area (Å²) >= 11 is 3.54. The first kappa shape index (κ1) is 9.46. The fourth-order valence-electron chi connectivity index (χ4n) is 1.32. The van der Waals surface area contributed by atoms with Gasteiger partial charge in [0.2, 0.25) is 0 Å². The zero-order valence-corrected chi connectivity index (χ0v) is 9.75. The van der Waals surface area contributed by atoms with Crippen molar-refractivity contribution in [3.8, 4) is 5.69 Å². The molecular formula is C11H11BrN2. The summed E-state index contributed by atoms with van der Waals surface area (Å²) in [5.41, 5.74) is 3.32. The average molecular weight is 251 g/mol. The predicted octanol–water partition coefficient (Wildman–Crippen LogP) is 3.25. The molecule has 0 saturated heterocycles. The minimum Gasteiger partial charge on any atom is -0.226 e. The van der Waals surface area contributed by atoms with Gasteiger partial charge in [-0.25, -0.2) is 4.68 Å². The second-order valence-corrected chi connectivity index (χ2v) is 4.00. The number of nitrogens with zero attached hydrogens (tertiary/aromatic N) is 2. The standard InChI is InChI=1S/C11H11BrN2/c1-8-9(2)13-14(11(8)12)10-6-4-3-5-7-10/h3-7H,1-2H3. The van der Waals surface area contributed by atoms with Gasteiger partial charge in [0.1, 0.15) is 4.60 Å². The highest BCUT2D eigenvalue weighted by Gasteiger charge is 2.09. The smallest absolute Gasteiger partial charge is 0.113 e. The van der Waals surface area contributed by atoms with E-state index in [1.54, 1.807) is 0 Å². The van der Waals surface area contributed by atoms with Crippen LogP contribution >= 0.6 is 15.9 Å². The van der Waals surface area contributed by atoms with Gasteiger partial charge in [-0.15, -0.1) is 0 Å². The number of halogens is 1. The van der Waals surface area contributed by atoms with E-state index in [9.17, 15) is 0 Å². The summed E-state index contributed by atoms with van der Waals surface area (Å²) in [6.45, 7) is 4.07. The van der Waals surface area contributed by atoms with Crippen molar-refractivity contribution in [2.24, 2.45) is 0 Å². The quantitative estimate of drug-likeness (QED) is 0.760. The van der Waals surface area contributed by atoms with Crippen molar-refractivity contribution in [1.82, 2.24) is 9.78 Å². The maximum atomic E-state index is 4.45. The van der Waals surface area contributed by atoms with Crippen molar-refractivity contribution in [2.75, 3.05) is 0 Å². The zero-order valence-electron chi connectivity index (χ0n) is 8.16. The molecule has 0 bridgehead atoms. The molecule has 3 heteroatoms. The normalized spacial score (nSPS) is 10.5. The highest BCUT2D eigenvalue weighted by atomic mass is 79.9. The molecule has 72 valence electrons. The van der Waals surface area contributed by atoms with Crippen LogP contribution in [0.2, 0.25) is 0 Å². The minimum absolute atomic E-state index is 1.03. The van der Waals surface area contributed by atoms with Gasteiger partial charge in [-0.3, -0.25) is 0 Å². The summed E-state index contributed by atoms with van der Waals surface area (Å²) < 4.78 is 2.94. The Morgan fingerprint density at radius 2 is 1.79 bits per heavy atom. The van der Waals surface area contributed by atoms with Gasteiger partial charge in [0.05, 0.1) is 11.4 Å². The average Bonchev–Trinajstić information content (AvgIpc) is 2.47. The van der Waals surface area contributed by atoms with Crippen LogP contribution in [0, 0.1) is 13.8 Å². The van der Waals surface area contributed by atoms with E-state index in [1.165, 1.54) is 5.56 Å². The van der Waals surface area contributed by atoms with Crippen molar-refractivity contribution < 1.29 is 0 Å². The Hall–Kier alpha value is -1.09. The second kappa shape index (κ2) is 3.58. The van der Waals surface area contributed by atoms with Crippen LogP contribution < -0.4 is 0 Å². The fourth-order valence-corrected chi connectivity index (χ4v) is 1.89. The van der Waals surface area contributed by atoms with Crippen LogP contribution in [0.5, 0.6) is 0 Å². The molecule has 0 saturated carbocycles. The van der Waals surface area contributed by atoms with Gasteiger partial charge in [-0.2, -0.15) is 5.10 Å². The molecule has 0 fully saturated rings. The van der Waals surface area contributed by atoms with E-state index in [1.807, 2.05) is 41.9 Å². The number of aromatic nitrogens is 2. The van der Waals surface area contributed by atoms with Gasteiger partial charge in [-0.1, -0.05) is 18.2 Å². The van der Waals surface area contributed by atoms with Gasteiger partial charge in [0.25, 0.3) is 0 Å². The second-order valence-electron chi connectivity index (χ2n) is 3.25. The Balaban J connectivity index is 2.58. The topological polar surface area (TPSA) is 17.8 Å². The summed E-state index contributed by atoms with van der Waals surface area (Å²) in [5.74, 6) is 0. The van der Waals surface area contributed by atoms with Crippen LogP contribution in [0.15, 0.2) is 34.9 Å². The molecule has 0 aliphatic carbocycles. The van der Waals surface area contributed by atoms with E-state index in [0.717, 1.165) is 16.0 Å². The molecule has 0 unspecified atom stereocenters.